The molecule has 0 spiro atoms. The van der Waals surface area contributed by atoms with Crippen LogP contribution >= 0.6 is 0 Å². The quantitative estimate of drug-likeness (QED) is 0.766. The topological polar surface area (TPSA) is 55.1 Å². The van der Waals surface area contributed by atoms with E-state index in [0.717, 1.165) is 35.3 Å². The zero-order valence-corrected chi connectivity index (χ0v) is 10.3. The molecule has 0 fully saturated rings. The largest absolute Gasteiger partial charge is 0.398 e. The van der Waals surface area contributed by atoms with Crippen molar-refractivity contribution in [3.05, 3.63) is 23.3 Å². The highest BCUT2D eigenvalue weighted by atomic mass is 16.1. The molecule has 1 aromatic rings. The van der Waals surface area contributed by atoms with Crippen molar-refractivity contribution >= 4 is 17.3 Å². The molecule has 3 N–H and O–H groups in total. The molecule has 1 amide bonds. The highest BCUT2D eigenvalue weighted by Crippen LogP contribution is 2.22. The lowest BCUT2D eigenvalue weighted by Gasteiger charge is -2.11. The average Bonchev–Trinajstić information content (AvgIpc) is 2.23. The summed E-state index contributed by atoms with van der Waals surface area (Å²) in [6.45, 7) is 6.01. The van der Waals surface area contributed by atoms with Crippen molar-refractivity contribution in [2.24, 2.45) is 0 Å². The zero-order chi connectivity index (χ0) is 12.1. The Bertz CT molecular complexity index is 386. The number of nitrogen functional groups attached to an aromatic ring is 1. The Hall–Kier alpha value is -1.51. The summed E-state index contributed by atoms with van der Waals surface area (Å²) < 4.78 is 0. The number of nitrogens with one attached hydrogen (secondary N) is 1. The molecular formula is C13H20N2O. The minimum Gasteiger partial charge on any atom is -0.398 e. The van der Waals surface area contributed by atoms with Gasteiger partial charge in [-0.3, -0.25) is 4.79 Å². The fourth-order valence-corrected chi connectivity index (χ4v) is 1.55. The summed E-state index contributed by atoms with van der Waals surface area (Å²) in [4.78, 5) is 11.6. The minimum absolute atomic E-state index is 0.0632. The molecule has 16 heavy (non-hydrogen) atoms. The van der Waals surface area contributed by atoms with Gasteiger partial charge in [0.1, 0.15) is 0 Å². The Morgan fingerprint density at radius 1 is 1.31 bits per heavy atom. The van der Waals surface area contributed by atoms with Crippen LogP contribution < -0.4 is 11.1 Å². The number of benzene rings is 1. The van der Waals surface area contributed by atoms with E-state index in [1.54, 1.807) is 0 Å². The van der Waals surface area contributed by atoms with E-state index < -0.39 is 0 Å². The number of nitrogens with two attached hydrogens (primary N) is 1. The summed E-state index contributed by atoms with van der Waals surface area (Å²) in [7, 11) is 0. The zero-order valence-electron chi connectivity index (χ0n) is 10.3. The third kappa shape index (κ3) is 3.26. The number of anilines is 2. The van der Waals surface area contributed by atoms with E-state index in [4.69, 9.17) is 5.73 Å². The van der Waals surface area contributed by atoms with Crippen molar-refractivity contribution in [1.29, 1.82) is 0 Å². The van der Waals surface area contributed by atoms with Gasteiger partial charge in [-0.25, -0.2) is 0 Å². The molecule has 0 radical (unpaired) electrons. The lowest BCUT2D eigenvalue weighted by atomic mass is 10.1. The molecule has 0 saturated carbocycles. The van der Waals surface area contributed by atoms with Crippen LogP contribution in [-0.2, 0) is 4.79 Å². The highest BCUT2D eigenvalue weighted by Gasteiger charge is 2.06. The van der Waals surface area contributed by atoms with Gasteiger partial charge in [-0.15, -0.1) is 0 Å². The summed E-state index contributed by atoms with van der Waals surface area (Å²) in [5.41, 5.74) is 9.45. The predicted molar refractivity (Wildman–Crippen MR) is 68.5 cm³/mol. The minimum atomic E-state index is 0.0632. The molecule has 3 nitrogen and oxygen atoms in total. The van der Waals surface area contributed by atoms with Crippen LogP contribution in [0, 0.1) is 13.8 Å². The fourth-order valence-electron chi connectivity index (χ4n) is 1.55. The number of unbranched alkanes of at least 4 members (excludes halogenated alkanes) is 1. The molecule has 1 rings (SSSR count). The summed E-state index contributed by atoms with van der Waals surface area (Å²) in [5.74, 6) is 0.0632. The van der Waals surface area contributed by atoms with Crippen LogP contribution in [-0.4, -0.2) is 5.91 Å². The van der Waals surface area contributed by atoms with E-state index in [9.17, 15) is 4.79 Å². The molecule has 0 bridgehead atoms. The molecule has 0 aliphatic rings. The van der Waals surface area contributed by atoms with E-state index in [0.29, 0.717) is 6.42 Å². The third-order valence-corrected chi connectivity index (χ3v) is 2.64. The van der Waals surface area contributed by atoms with E-state index in [1.807, 2.05) is 26.0 Å². The van der Waals surface area contributed by atoms with Gasteiger partial charge in [0.15, 0.2) is 0 Å². The van der Waals surface area contributed by atoms with Gasteiger partial charge in [0, 0.05) is 17.8 Å². The molecular weight excluding hydrogens is 200 g/mol. The molecule has 0 aliphatic carbocycles. The van der Waals surface area contributed by atoms with Crippen molar-refractivity contribution in [2.45, 2.75) is 40.0 Å². The maximum Gasteiger partial charge on any atom is 0.224 e. The Kier molecular flexibility index (Phi) is 4.35. The number of rotatable bonds is 4. The Balaban J connectivity index is 2.73. The second kappa shape index (κ2) is 5.54. The number of hydrogen-bond acceptors (Lipinski definition) is 2. The number of hydrogen-bond donors (Lipinski definition) is 2. The van der Waals surface area contributed by atoms with Gasteiger partial charge in [0.05, 0.1) is 0 Å². The lowest BCUT2D eigenvalue weighted by molar-refractivity contribution is -0.116. The van der Waals surface area contributed by atoms with Crippen molar-refractivity contribution in [3.63, 3.8) is 0 Å². The molecule has 0 aromatic heterocycles. The second-order valence-corrected chi connectivity index (χ2v) is 4.18. The van der Waals surface area contributed by atoms with Crippen LogP contribution in [0.2, 0.25) is 0 Å². The van der Waals surface area contributed by atoms with Crippen molar-refractivity contribution < 1.29 is 4.79 Å². The van der Waals surface area contributed by atoms with Gasteiger partial charge in [-0.05, 0) is 37.5 Å². The Morgan fingerprint density at radius 3 is 2.62 bits per heavy atom. The molecule has 0 unspecified atom stereocenters. The van der Waals surface area contributed by atoms with Crippen LogP contribution in [0.3, 0.4) is 0 Å². The lowest BCUT2D eigenvalue weighted by Crippen LogP contribution is -2.12. The van der Waals surface area contributed by atoms with Crippen LogP contribution in [0.5, 0.6) is 0 Å². The van der Waals surface area contributed by atoms with Crippen LogP contribution in [0.25, 0.3) is 0 Å². The molecule has 0 atom stereocenters. The molecule has 0 heterocycles. The third-order valence-electron chi connectivity index (χ3n) is 2.64. The SMILES string of the molecule is CCCCC(=O)Nc1cc(N)c(C)cc1C. The second-order valence-electron chi connectivity index (χ2n) is 4.18. The van der Waals surface area contributed by atoms with Crippen LogP contribution in [0.4, 0.5) is 11.4 Å². The monoisotopic (exact) mass is 220 g/mol. The number of carbonyl (C=O) groups excluding carboxylic acids is 1. The van der Waals surface area contributed by atoms with Gasteiger partial charge in [0.2, 0.25) is 5.91 Å². The first-order valence-electron chi connectivity index (χ1n) is 5.71. The van der Waals surface area contributed by atoms with E-state index in [-0.39, 0.29) is 5.91 Å². The molecule has 88 valence electrons. The van der Waals surface area contributed by atoms with Gasteiger partial charge in [-0.2, -0.15) is 0 Å². The Morgan fingerprint density at radius 2 is 2.00 bits per heavy atom. The fraction of sp³-hybridized carbons (Fsp3) is 0.462. The summed E-state index contributed by atoms with van der Waals surface area (Å²) in [6, 6.07) is 3.82. The van der Waals surface area contributed by atoms with Crippen molar-refractivity contribution in [1.82, 2.24) is 0 Å². The van der Waals surface area contributed by atoms with Gasteiger partial charge in [-0.1, -0.05) is 19.4 Å². The first kappa shape index (κ1) is 12.6. The van der Waals surface area contributed by atoms with Crippen molar-refractivity contribution in [2.75, 3.05) is 11.1 Å². The maximum atomic E-state index is 11.6. The Labute approximate surface area is 97.0 Å². The van der Waals surface area contributed by atoms with Crippen LogP contribution in [0.15, 0.2) is 12.1 Å². The van der Waals surface area contributed by atoms with Crippen molar-refractivity contribution in [3.8, 4) is 0 Å². The maximum absolute atomic E-state index is 11.6. The molecule has 3 heteroatoms. The predicted octanol–water partition coefficient (Wildman–Crippen LogP) is 3.01. The number of amides is 1. The van der Waals surface area contributed by atoms with Gasteiger partial charge < -0.3 is 11.1 Å². The van der Waals surface area contributed by atoms with Gasteiger partial charge in [0.25, 0.3) is 0 Å². The molecule has 0 aliphatic heterocycles. The number of aryl methyl sites for hydroxylation is 2. The van der Waals surface area contributed by atoms with Gasteiger partial charge >= 0.3 is 0 Å². The standard InChI is InChI=1S/C13H20N2O/c1-4-5-6-13(16)15-12-8-11(14)9(2)7-10(12)3/h7-8H,4-6,14H2,1-3H3,(H,15,16). The normalized spacial score (nSPS) is 10.2. The summed E-state index contributed by atoms with van der Waals surface area (Å²) in [6.07, 6.45) is 2.53. The summed E-state index contributed by atoms with van der Waals surface area (Å²) >= 11 is 0. The number of carbonyl (C=O) groups is 1. The molecule has 0 saturated heterocycles. The summed E-state index contributed by atoms with van der Waals surface area (Å²) in [5, 5.41) is 2.89. The first-order chi connectivity index (χ1) is 7.54. The van der Waals surface area contributed by atoms with E-state index in [1.165, 1.54) is 0 Å². The average molecular weight is 220 g/mol. The highest BCUT2D eigenvalue weighted by molar-refractivity contribution is 5.92. The molecule has 1 aromatic carbocycles. The van der Waals surface area contributed by atoms with E-state index >= 15 is 0 Å². The first-order valence-corrected chi connectivity index (χ1v) is 5.71. The van der Waals surface area contributed by atoms with Crippen LogP contribution in [0.1, 0.15) is 37.3 Å². The smallest absolute Gasteiger partial charge is 0.224 e. The van der Waals surface area contributed by atoms with E-state index in [2.05, 4.69) is 12.2 Å².